The molecule has 0 aliphatic heterocycles. The molecule has 0 saturated heterocycles. The van der Waals surface area contributed by atoms with E-state index in [4.69, 9.17) is 0 Å². The molecule has 0 spiro atoms. The van der Waals surface area contributed by atoms with Gasteiger partial charge >= 0.3 is 0 Å². The molecule has 1 aliphatic rings. The van der Waals surface area contributed by atoms with Crippen LogP contribution in [0.2, 0.25) is 0 Å². The lowest BCUT2D eigenvalue weighted by Gasteiger charge is -2.28. The Morgan fingerprint density at radius 3 is 2.23 bits per heavy atom. The van der Waals surface area contributed by atoms with Gasteiger partial charge in [-0.3, -0.25) is 0 Å². The molecule has 78 valence electrons. The van der Waals surface area contributed by atoms with Crippen molar-refractivity contribution < 1.29 is 13.5 Å². The Labute approximate surface area is 79.4 Å². The predicted molar refractivity (Wildman–Crippen MR) is 50.8 cm³/mol. The van der Waals surface area contributed by atoms with Crippen molar-refractivity contribution in [2.75, 3.05) is 0 Å². The van der Waals surface area contributed by atoms with Crippen LogP contribution in [0.1, 0.15) is 33.6 Å². The number of hydrogen-bond acceptors (Lipinski definition) is 3. The minimum atomic E-state index is -3.20. The third-order valence-corrected chi connectivity index (χ3v) is 4.57. The van der Waals surface area contributed by atoms with Crippen LogP contribution in [0.25, 0.3) is 0 Å². The molecule has 0 bridgehead atoms. The van der Waals surface area contributed by atoms with Crippen LogP contribution >= 0.6 is 0 Å². The van der Waals surface area contributed by atoms with Gasteiger partial charge in [-0.15, -0.1) is 0 Å². The third-order valence-electron chi connectivity index (χ3n) is 2.41. The van der Waals surface area contributed by atoms with Gasteiger partial charge in [0.25, 0.3) is 0 Å². The number of aliphatic hydroxyl groups is 1. The van der Waals surface area contributed by atoms with Crippen molar-refractivity contribution in [3.63, 3.8) is 0 Å². The Morgan fingerprint density at radius 2 is 1.92 bits per heavy atom. The lowest BCUT2D eigenvalue weighted by atomic mass is 10.0. The molecule has 1 fully saturated rings. The highest BCUT2D eigenvalue weighted by atomic mass is 32.2. The zero-order valence-electron chi connectivity index (χ0n) is 8.24. The monoisotopic (exact) mass is 207 g/mol. The number of rotatable bonds is 4. The molecule has 0 aromatic carbocycles. The van der Waals surface area contributed by atoms with E-state index < -0.39 is 21.7 Å². The highest BCUT2D eigenvalue weighted by Gasteiger charge is 2.40. The summed E-state index contributed by atoms with van der Waals surface area (Å²) >= 11 is 0. The zero-order valence-corrected chi connectivity index (χ0v) is 9.06. The summed E-state index contributed by atoms with van der Waals surface area (Å²) in [6, 6.07) is 0. The average Bonchev–Trinajstić information content (AvgIpc) is 2.63. The van der Waals surface area contributed by atoms with Crippen molar-refractivity contribution in [2.45, 2.75) is 50.5 Å². The number of hydrogen-bond donors (Lipinski definition) is 2. The maximum Gasteiger partial charge on any atom is 0.215 e. The van der Waals surface area contributed by atoms with Crippen molar-refractivity contribution >= 4 is 10.0 Å². The molecule has 1 atom stereocenters. The van der Waals surface area contributed by atoms with Crippen molar-refractivity contribution in [3.8, 4) is 0 Å². The van der Waals surface area contributed by atoms with Crippen molar-refractivity contribution in [3.05, 3.63) is 0 Å². The lowest BCUT2D eigenvalue weighted by Crippen LogP contribution is -2.51. The van der Waals surface area contributed by atoms with Gasteiger partial charge < -0.3 is 5.11 Å². The van der Waals surface area contributed by atoms with E-state index in [2.05, 4.69) is 4.72 Å². The Balaban J connectivity index is 2.66. The first kappa shape index (κ1) is 10.9. The van der Waals surface area contributed by atoms with Crippen LogP contribution in [0.4, 0.5) is 0 Å². The second-order valence-electron chi connectivity index (χ2n) is 4.24. The van der Waals surface area contributed by atoms with E-state index >= 15 is 0 Å². The zero-order chi connectivity index (χ0) is 10.3. The van der Waals surface area contributed by atoms with E-state index in [1.54, 1.807) is 20.8 Å². The molecule has 0 aromatic rings. The number of nitrogens with one attached hydrogen (secondary N) is 1. The number of sulfonamides is 1. The van der Waals surface area contributed by atoms with Gasteiger partial charge in [0, 0.05) is 0 Å². The molecule has 1 saturated carbocycles. The number of aliphatic hydroxyl groups excluding tert-OH is 1. The first-order chi connectivity index (χ1) is 5.76. The smallest absolute Gasteiger partial charge is 0.215 e. The maximum absolute atomic E-state index is 11.5. The van der Waals surface area contributed by atoms with Crippen molar-refractivity contribution in [1.82, 2.24) is 4.72 Å². The van der Waals surface area contributed by atoms with Gasteiger partial charge in [0.2, 0.25) is 10.0 Å². The maximum atomic E-state index is 11.5. The topological polar surface area (TPSA) is 66.4 Å². The molecule has 2 N–H and O–H groups in total. The van der Waals surface area contributed by atoms with E-state index in [0.717, 1.165) is 12.8 Å². The molecule has 1 unspecified atom stereocenters. The molecular weight excluding hydrogens is 190 g/mol. The molecule has 5 heteroatoms. The summed E-state index contributed by atoms with van der Waals surface area (Å²) < 4.78 is 25.5. The van der Waals surface area contributed by atoms with E-state index in [9.17, 15) is 13.5 Å². The molecule has 4 nitrogen and oxygen atoms in total. The largest absolute Gasteiger partial charge is 0.391 e. The molecule has 0 amide bonds. The molecule has 1 aliphatic carbocycles. The van der Waals surface area contributed by atoms with Crippen LogP contribution in [0.5, 0.6) is 0 Å². The van der Waals surface area contributed by atoms with E-state index in [1.807, 2.05) is 0 Å². The van der Waals surface area contributed by atoms with Gasteiger partial charge in [0.05, 0.1) is 16.9 Å². The highest BCUT2D eigenvalue weighted by Crippen LogP contribution is 2.29. The van der Waals surface area contributed by atoms with Crippen LogP contribution in [0.3, 0.4) is 0 Å². The average molecular weight is 207 g/mol. The SMILES string of the molecule is CC(O)C(C)(C)NS(=O)(=O)C1CC1. The minimum Gasteiger partial charge on any atom is -0.391 e. The van der Waals surface area contributed by atoms with Gasteiger partial charge in [-0.2, -0.15) is 0 Å². The summed E-state index contributed by atoms with van der Waals surface area (Å²) in [5.74, 6) is 0. The van der Waals surface area contributed by atoms with Gasteiger partial charge in [0.15, 0.2) is 0 Å². The standard InChI is InChI=1S/C8H17NO3S/c1-6(10)8(2,3)9-13(11,12)7-4-5-7/h6-7,9-10H,4-5H2,1-3H3. The van der Waals surface area contributed by atoms with Gasteiger partial charge in [-0.05, 0) is 33.6 Å². The summed E-state index contributed by atoms with van der Waals surface area (Å²) in [5, 5.41) is 9.09. The summed E-state index contributed by atoms with van der Waals surface area (Å²) in [6.45, 7) is 4.94. The Kier molecular flexibility index (Phi) is 2.71. The van der Waals surface area contributed by atoms with Crippen molar-refractivity contribution in [1.29, 1.82) is 0 Å². The van der Waals surface area contributed by atoms with Crippen LogP contribution in [0, 0.1) is 0 Å². The van der Waals surface area contributed by atoms with Crippen LogP contribution in [-0.2, 0) is 10.0 Å². The van der Waals surface area contributed by atoms with Gasteiger partial charge in [-0.25, -0.2) is 13.1 Å². The minimum absolute atomic E-state index is 0.231. The molecule has 0 aromatic heterocycles. The third kappa shape index (κ3) is 2.65. The second kappa shape index (κ2) is 3.22. The lowest BCUT2D eigenvalue weighted by molar-refractivity contribution is 0.111. The Morgan fingerprint density at radius 1 is 1.46 bits per heavy atom. The fraction of sp³-hybridized carbons (Fsp3) is 1.00. The van der Waals surface area contributed by atoms with Crippen LogP contribution in [0.15, 0.2) is 0 Å². The van der Waals surface area contributed by atoms with Crippen LogP contribution in [-0.4, -0.2) is 30.4 Å². The summed E-state index contributed by atoms with van der Waals surface area (Å²) in [4.78, 5) is 0. The molecule has 13 heavy (non-hydrogen) atoms. The Bertz CT molecular complexity index is 278. The van der Waals surface area contributed by atoms with E-state index in [1.165, 1.54) is 0 Å². The van der Waals surface area contributed by atoms with Gasteiger partial charge in [0.1, 0.15) is 0 Å². The fourth-order valence-electron chi connectivity index (χ4n) is 0.914. The molecule has 0 radical (unpaired) electrons. The summed E-state index contributed by atoms with van der Waals surface area (Å²) in [6.07, 6.45) is 0.789. The van der Waals surface area contributed by atoms with Gasteiger partial charge in [-0.1, -0.05) is 0 Å². The predicted octanol–water partition coefficient (Wildman–Crippen LogP) is 0.228. The molecule has 0 heterocycles. The second-order valence-corrected chi connectivity index (χ2v) is 6.20. The van der Waals surface area contributed by atoms with Crippen LogP contribution < -0.4 is 4.72 Å². The molecule has 1 rings (SSSR count). The summed E-state index contributed by atoms with van der Waals surface area (Å²) in [5.41, 5.74) is -0.776. The van der Waals surface area contributed by atoms with Crippen molar-refractivity contribution in [2.24, 2.45) is 0 Å². The summed E-state index contributed by atoms with van der Waals surface area (Å²) in [7, 11) is -3.20. The normalized spacial score (nSPS) is 21.5. The fourth-order valence-corrected chi connectivity index (χ4v) is 2.74. The van der Waals surface area contributed by atoms with E-state index in [0.29, 0.717) is 0 Å². The highest BCUT2D eigenvalue weighted by molar-refractivity contribution is 7.90. The Hall–Kier alpha value is -0.130. The first-order valence-electron chi connectivity index (χ1n) is 4.46. The quantitative estimate of drug-likeness (QED) is 0.693. The first-order valence-corrected chi connectivity index (χ1v) is 6.01. The molecular formula is C8H17NO3S. The van der Waals surface area contributed by atoms with E-state index in [-0.39, 0.29) is 5.25 Å².